The van der Waals surface area contributed by atoms with E-state index >= 15 is 0 Å². The highest BCUT2D eigenvalue weighted by atomic mass is 19.1. The third-order valence-electron chi connectivity index (χ3n) is 5.49. The number of nitrogens with zero attached hydrogens (tertiary/aromatic N) is 1. The molecule has 1 aromatic heterocycles. The molecule has 2 aromatic carbocycles. The van der Waals surface area contributed by atoms with Crippen LogP contribution < -0.4 is 16.0 Å². The predicted molar refractivity (Wildman–Crippen MR) is 128 cm³/mol. The van der Waals surface area contributed by atoms with Crippen LogP contribution in [0.15, 0.2) is 48.5 Å². The molecule has 0 aliphatic heterocycles. The SMILES string of the molecule is CC(=O)Nc1ccc(C(C)(C)c2cc(NC(=O)[C@H](C)NC(=O)Cc3cc(F)cc(F)c3)n[nH]2)cc1. The van der Waals surface area contributed by atoms with Gasteiger partial charge in [0.2, 0.25) is 17.7 Å². The lowest BCUT2D eigenvalue weighted by atomic mass is 9.81. The third-order valence-corrected chi connectivity index (χ3v) is 5.49. The van der Waals surface area contributed by atoms with Gasteiger partial charge >= 0.3 is 0 Å². The molecule has 4 N–H and O–H groups in total. The largest absolute Gasteiger partial charge is 0.344 e. The predicted octanol–water partition coefficient (Wildman–Crippen LogP) is 3.66. The van der Waals surface area contributed by atoms with Gasteiger partial charge in [0, 0.05) is 35.9 Å². The van der Waals surface area contributed by atoms with Gasteiger partial charge in [0.25, 0.3) is 0 Å². The average molecular weight is 484 g/mol. The summed E-state index contributed by atoms with van der Waals surface area (Å²) < 4.78 is 26.6. The smallest absolute Gasteiger partial charge is 0.247 e. The molecule has 0 radical (unpaired) electrons. The van der Waals surface area contributed by atoms with Gasteiger partial charge in [-0.3, -0.25) is 19.5 Å². The normalized spacial score (nSPS) is 12.1. The van der Waals surface area contributed by atoms with E-state index in [1.54, 1.807) is 18.2 Å². The van der Waals surface area contributed by atoms with Gasteiger partial charge in [-0.2, -0.15) is 5.10 Å². The second-order valence-corrected chi connectivity index (χ2v) is 8.78. The van der Waals surface area contributed by atoms with Gasteiger partial charge in [0.15, 0.2) is 5.82 Å². The topological polar surface area (TPSA) is 116 Å². The second-order valence-electron chi connectivity index (χ2n) is 8.78. The number of anilines is 2. The van der Waals surface area contributed by atoms with E-state index in [0.29, 0.717) is 5.69 Å². The van der Waals surface area contributed by atoms with Crippen LogP contribution in [-0.2, 0) is 26.2 Å². The first-order valence-corrected chi connectivity index (χ1v) is 10.9. The van der Waals surface area contributed by atoms with Crippen LogP contribution in [0.25, 0.3) is 0 Å². The maximum atomic E-state index is 13.3. The van der Waals surface area contributed by atoms with Gasteiger partial charge in [-0.25, -0.2) is 8.78 Å². The summed E-state index contributed by atoms with van der Waals surface area (Å²) in [5, 5.41) is 14.9. The Bertz CT molecular complexity index is 1220. The maximum Gasteiger partial charge on any atom is 0.247 e. The number of amides is 3. The summed E-state index contributed by atoms with van der Waals surface area (Å²) in [6, 6.07) is 11.0. The number of H-pyrrole nitrogens is 1. The van der Waals surface area contributed by atoms with E-state index in [2.05, 4.69) is 26.1 Å². The van der Waals surface area contributed by atoms with Gasteiger partial charge in [-0.15, -0.1) is 0 Å². The molecule has 10 heteroatoms. The highest BCUT2D eigenvalue weighted by Crippen LogP contribution is 2.32. The highest BCUT2D eigenvalue weighted by Gasteiger charge is 2.26. The monoisotopic (exact) mass is 483 g/mol. The fraction of sp³-hybridized carbons (Fsp3) is 0.280. The Morgan fingerprint density at radius 3 is 2.23 bits per heavy atom. The number of hydrogen-bond donors (Lipinski definition) is 4. The summed E-state index contributed by atoms with van der Waals surface area (Å²) in [7, 11) is 0. The molecule has 35 heavy (non-hydrogen) atoms. The van der Waals surface area contributed by atoms with E-state index in [1.165, 1.54) is 13.8 Å². The minimum Gasteiger partial charge on any atom is -0.344 e. The number of benzene rings is 2. The van der Waals surface area contributed by atoms with E-state index in [1.807, 2.05) is 26.0 Å². The minimum atomic E-state index is -0.907. The molecule has 0 spiro atoms. The number of carbonyl (C=O) groups is 3. The zero-order chi connectivity index (χ0) is 25.8. The lowest BCUT2D eigenvalue weighted by Crippen LogP contribution is -2.42. The van der Waals surface area contributed by atoms with E-state index < -0.39 is 34.9 Å². The van der Waals surface area contributed by atoms with Crippen LogP contribution in [-0.4, -0.2) is 34.0 Å². The third kappa shape index (κ3) is 6.72. The summed E-state index contributed by atoms with van der Waals surface area (Å²) in [6.07, 6.45) is -0.270. The van der Waals surface area contributed by atoms with Crippen LogP contribution in [0.4, 0.5) is 20.3 Å². The van der Waals surface area contributed by atoms with Gasteiger partial charge in [-0.05, 0) is 42.3 Å². The number of aromatic amines is 1. The summed E-state index contributed by atoms with van der Waals surface area (Å²) in [4.78, 5) is 35.9. The molecule has 0 saturated heterocycles. The number of carbonyl (C=O) groups excluding carboxylic acids is 3. The minimum absolute atomic E-state index is 0.153. The Morgan fingerprint density at radius 2 is 1.63 bits per heavy atom. The van der Waals surface area contributed by atoms with Crippen molar-refractivity contribution in [1.82, 2.24) is 15.5 Å². The Balaban J connectivity index is 1.60. The molecule has 0 bridgehead atoms. The van der Waals surface area contributed by atoms with Crippen LogP contribution in [0.5, 0.6) is 0 Å². The first kappa shape index (κ1) is 25.5. The Hall–Kier alpha value is -4.08. The zero-order valence-electron chi connectivity index (χ0n) is 19.8. The van der Waals surface area contributed by atoms with E-state index in [0.717, 1.165) is 29.5 Å². The summed E-state index contributed by atoms with van der Waals surface area (Å²) in [6.45, 7) is 6.90. The number of nitrogens with one attached hydrogen (secondary N) is 4. The van der Waals surface area contributed by atoms with Crippen LogP contribution in [0.1, 0.15) is 44.5 Å². The molecule has 1 atom stereocenters. The molecule has 1 heterocycles. The highest BCUT2D eigenvalue weighted by molar-refractivity contribution is 5.96. The molecule has 0 aliphatic rings. The standard InChI is InChI=1S/C25H27F2N5O3/c1-14(28-23(34)11-16-9-18(26)12-19(27)10-16)24(35)30-22-13-21(31-32-22)25(3,4)17-5-7-20(8-6-17)29-15(2)33/h5-10,12-14H,11H2,1-4H3,(H,28,34)(H,29,33)(H2,30,31,32,35)/t14-/m0/s1. The Morgan fingerprint density at radius 1 is 1.00 bits per heavy atom. The van der Waals surface area contributed by atoms with Crippen LogP contribution in [0.2, 0.25) is 0 Å². The van der Waals surface area contributed by atoms with Gasteiger partial charge in [0.05, 0.1) is 6.42 Å². The van der Waals surface area contributed by atoms with Crippen molar-refractivity contribution in [2.24, 2.45) is 0 Å². The molecular weight excluding hydrogens is 456 g/mol. The fourth-order valence-corrected chi connectivity index (χ4v) is 3.53. The summed E-state index contributed by atoms with van der Waals surface area (Å²) >= 11 is 0. The second kappa shape index (κ2) is 10.5. The van der Waals surface area contributed by atoms with Crippen LogP contribution in [0, 0.1) is 11.6 Å². The van der Waals surface area contributed by atoms with Crippen molar-refractivity contribution >= 4 is 29.2 Å². The van der Waals surface area contributed by atoms with E-state index in [4.69, 9.17) is 0 Å². The molecule has 0 fully saturated rings. The van der Waals surface area contributed by atoms with Gasteiger partial charge in [0.1, 0.15) is 17.7 Å². The van der Waals surface area contributed by atoms with E-state index in [9.17, 15) is 23.2 Å². The van der Waals surface area contributed by atoms with Crippen LogP contribution >= 0.6 is 0 Å². The van der Waals surface area contributed by atoms with Crippen molar-refractivity contribution in [3.8, 4) is 0 Å². The van der Waals surface area contributed by atoms with Crippen LogP contribution in [0.3, 0.4) is 0 Å². The number of aromatic nitrogens is 2. The number of rotatable bonds is 8. The molecule has 0 aliphatic carbocycles. The lowest BCUT2D eigenvalue weighted by Gasteiger charge is -2.24. The van der Waals surface area contributed by atoms with Crippen molar-refractivity contribution < 1.29 is 23.2 Å². The van der Waals surface area contributed by atoms with Gasteiger partial charge < -0.3 is 16.0 Å². The maximum absolute atomic E-state index is 13.3. The Labute approximate surface area is 201 Å². The van der Waals surface area contributed by atoms with Crippen molar-refractivity contribution in [2.45, 2.75) is 45.6 Å². The molecule has 184 valence electrons. The van der Waals surface area contributed by atoms with Crippen molar-refractivity contribution in [3.63, 3.8) is 0 Å². The molecule has 3 aromatic rings. The number of halogens is 2. The summed E-state index contributed by atoms with van der Waals surface area (Å²) in [5.74, 6) is -2.48. The lowest BCUT2D eigenvalue weighted by molar-refractivity contribution is -0.125. The number of hydrogen-bond acceptors (Lipinski definition) is 4. The zero-order valence-corrected chi connectivity index (χ0v) is 19.8. The van der Waals surface area contributed by atoms with Crippen molar-refractivity contribution in [1.29, 1.82) is 0 Å². The molecule has 0 saturated carbocycles. The molecule has 0 unspecified atom stereocenters. The molecule has 3 rings (SSSR count). The van der Waals surface area contributed by atoms with E-state index in [-0.39, 0.29) is 23.7 Å². The molecule has 3 amide bonds. The van der Waals surface area contributed by atoms with Crippen molar-refractivity contribution in [2.75, 3.05) is 10.6 Å². The fourth-order valence-electron chi connectivity index (χ4n) is 3.53. The Kier molecular flexibility index (Phi) is 7.63. The van der Waals surface area contributed by atoms with Crippen molar-refractivity contribution in [3.05, 3.63) is 77.0 Å². The molecular formula is C25H27F2N5O3. The molecule has 8 nitrogen and oxygen atoms in total. The summed E-state index contributed by atoms with van der Waals surface area (Å²) in [5.41, 5.74) is 2.07. The first-order chi connectivity index (χ1) is 16.4. The quantitative estimate of drug-likeness (QED) is 0.391. The average Bonchev–Trinajstić information content (AvgIpc) is 3.22. The van der Waals surface area contributed by atoms with Gasteiger partial charge in [-0.1, -0.05) is 26.0 Å². The first-order valence-electron chi connectivity index (χ1n) is 10.9.